The van der Waals surface area contributed by atoms with E-state index in [-0.39, 0.29) is 10.7 Å². The van der Waals surface area contributed by atoms with E-state index in [9.17, 15) is 10.1 Å². The molecule has 1 aromatic heterocycles. The summed E-state index contributed by atoms with van der Waals surface area (Å²) in [6, 6.07) is 14.2. The number of nitro groups is 1. The van der Waals surface area contributed by atoms with Crippen LogP contribution >= 0.6 is 11.6 Å². The fourth-order valence-corrected chi connectivity index (χ4v) is 2.52. The van der Waals surface area contributed by atoms with Crippen LogP contribution in [0.15, 0.2) is 54.7 Å². The van der Waals surface area contributed by atoms with E-state index in [0.29, 0.717) is 17.8 Å². The van der Waals surface area contributed by atoms with Gasteiger partial charge in [0.25, 0.3) is 5.69 Å². The Hall–Kier alpha value is -2.86. The molecular weight excluding hydrogens is 330 g/mol. The second kappa shape index (κ2) is 6.72. The third-order valence-electron chi connectivity index (χ3n) is 3.58. The Morgan fingerprint density at radius 1 is 1.21 bits per heavy atom. The molecule has 1 heterocycles. The Kier molecular flexibility index (Phi) is 4.48. The predicted molar refractivity (Wildman–Crippen MR) is 91.4 cm³/mol. The van der Waals surface area contributed by atoms with Gasteiger partial charge in [0, 0.05) is 17.8 Å². The molecular formula is C17H14ClN3O3. The van der Waals surface area contributed by atoms with Crippen LogP contribution in [-0.4, -0.2) is 21.8 Å². The van der Waals surface area contributed by atoms with Crippen LogP contribution in [0.1, 0.15) is 5.56 Å². The van der Waals surface area contributed by atoms with E-state index in [1.54, 1.807) is 17.9 Å². The average molecular weight is 344 g/mol. The van der Waals surface area contributed by atoms with Crippen molar-refractivity contribution in [3.8, 4) is 17.0 Å². The maximum absolute atomic E-state index is 11.0. The zero-order valence-electron chi connectivity index (χ0n) is 12.8. The second-order valence-corrected chi connectivity index (χ2v) is 5.58. The summed E-state index contributed by atoms with van der Waals surface area (Å²) < 4.78 is 6.91. The van der Waals surface area contributed by atoms with Crippen LogP contribution in [0.4, 0.5) is 5.69 Å². The van der Waals surface area contributed by atoms with Crippen molar-refractivity contribution in [3.63, 3.8) is 0 Å². The normalized spacial score (nSPS) is 10.6. The van der Waals surface area contributed by atoms with Crippen LogP contribution in [0, 0.1) is 10.1 Å². The van der Waals surface area contributed by atoms with E-state index in [1.807, 2.05) is 36.5 Å². The lowest BCUT2D eigenvalue weighted by Crippen LogP contribution is -2.00. The first-order valence-electron chi connectivity index (χ1n) is 7.17. The third-order valence-corrected chi connectivity index (χ3v) is 3.90. The summed E-state index contributed by atoms with van der Waals surface area (Å²) in [5.74, 6) is 0.799. The highest BCUT2D eigenvalue weighted by Gasteiger charge is 2.14. The molecule has 0 aliphatic carbocycles. The van der Waals surface area contributed by atoms with Gasteiger partial charge in [-0.25, -0.2) is 0 Å². The largest absolute Gasteiger partial charge is 0.497 e. The summed E-state index contributed by atoms with van der Waals surface area (Å²) in [5, 5.41) is 15.6. The van der Waals surface area contributed by atoms with Crippen LogP contribution in [-0.2, 0) is 6.54 Å². The molecule has 122 valence electrons. The molecule has 0 spiro atoms. The zero-order valence-corrected chi connectivity index (χ0v) is 13.6. The first-order chi connectivity index (χ1) is 11.6. The van der Waals surface area contributed by atoms with Crippen molar-refractivity contribution in [2.75, 3.05) is 7.11 Å². The number of nitrogens with zero attached hydrogens (tertiary/aromatic N) is 3. The fraction of sp³-hybridized carbons (Fsp3) is 0.118. The van der Waals surface area contributed by atoms with Crippen molar-refractivity contribution in [2.24, 2.45) is 0 Å². The summed E-state index contributed by atoms with van der Waals surface area (Å²) in [6.45, 7) is 0.597. The highest BCUT2D eigenvalue weighted by Crippen LogP contribution is 2.29. The average Bonchev–Trinajstić information content (AvgIpc) is 3.04. The van der Waals surface area contributed by atoms with Crippen molar-refractivity contribution in [1.29, 1.82) is 0 Å². The number of rotatable bonds is 5. The highest BCUT2D eigenvalue weighted by atomic mass is 35.5. The number of methoxy groups -OCH3 is 1. The fourth-order valence-electron chi connectivity index (χ4n) is 2.33. The SMILES string of the molecule is COc1ccc(Cn2ccc(-c3ccc(Cl)c([N+](=O)[O-])c3)n2)cc1. The lowest BCUT2D eigenvalue weighted by Gasteiger charge is -2.04. The van der Waals surface area contributed by atoms with E-state index in [0.717, 1.165) is 11.3 Å². The van der Waals surface area contributed by atoms with Gasteiger partial charge >= 0.3 is 0 Å². The molecule has 3 rings (SSSR count). The monoisotopic (exact) mass is 343 g/mol. The Morgan fingerprint density at radius 2 is 1.96 bits per heavy atom. The number of nitro benzene ring substituents is 1. The van der Waals surface area contributed by atoms with Gasteiger partial charge in [-0.15, -0.1) is 0 Å². The number of benzene rings is 2. The maximum atomic E-state index is 11.0. The summed E-state index contributed by atoms with van der Waals surface area (Å²) in [6.07, 6.45) is 1.83. The summed E-state index contributed by atoms with van der Waals surface area (Å²) in [7, 11) is 1.63. The van der Waals surface area contributed by atoms with Gasteiger partial charge in [0.1, 0.15) is 10.8 Å². The van der Waals surface area contributed by atoms with E-state index >= 15 is 0 Å². The number of hydrogen-bond donors (Lipinski definition) is 0. The van der Waals surface area contributed by atoms with Gasteiger partial charge in [-0.05, 0) is 29.8 Å². The minimum absolute atomic E-state index is 0.112. The van der Waals surface area contributed by atoms with Gasteiger partial charge in [-0.3, -0.25) is 14.8 Å². The molecule has 0 radical (unpaired) electrons. The first-order valence-corrected chi connectivity index (χ1v) is 7.55. The Morgan fingerprint density at radius 3 is 2.62 bits per heavy atom. The van der Waals surface area contributed by atoms with E-state index in [2.05, 4.69) is 5.10 Å². The van der Waals surface area contributed by atoms with Gasteiger partial charge < -0.3 is 4.74 Å². The minimum atomic E-state index is -0.500. The molecule has 0 saturated heterocycles. The molecule has 0 unspecified atom stereocenters. The van der Waals surface area contributed by atoms with Gasteiger partial charge in [0.2, 0.25) is 0 Å². The van der Waals surface area contributed by atoms with Gasteiger partial charge in [-0.2, -0.15) is 5.10 Å². The number of halogens is 1. The zero-order chi connectivity index (χ0) is 17.1. The minimum Gasteiger partial charge on any atom is -0.497 e. The van der Waals surface area contributed by atoms with Crippen molar-refractivity contribution in [3.05, 3.63) is 75.4 Å². The summed E-state index contributed by atoms with van der Waals surface area (Å²) >= 11 is 5.84. The molecule has 0 saturated carbocycles. The van der Waals surface area contributed by atoms with Crippen LogP contribution in [0.2, 0.25) is 5.02 Å². The second-order valence-electron chi connectivity index (χ2n) is 5.17. The topological polar surface area (TPSA) is 70.2 Å². The molecule has 24 heavy (non-hydrogen) atoms. The van der Waals surface area contributed by atoms with Crippen molar-refractivity contribution in [1.82, 2.24) is 9.78 Å². The van der Waals surface area contributed by atoms with Crippen molar-refractivity contribution >= 4 is 17.3 Å². The molecule has 0 bridgehead atoms. The van der Waals surface area contributed by atoms with Crippen LogP contribution < -0.4 is 4.74 Å². The van der Waals surface area contributed by atoms with Crippen LogP contribution in [0.25, 0.3) is 11.3 Å². The Balaban J connectivity index is 1.82. The third kappa shape index (κ3) is 3.38. The molecule has 7 heteroatoms. The van der Waals surface area contributed by atoms with Crippen molar-refractivity contribution in [2.45, 2.75) is 6.54 Å². The molecule has 0 atom stereocenters. The molecule has 0 amide bonds. The Labute approximate surface area is 143 Å². The molecule has 0 aliphatic rings. The smallest absolute Gasteiger partial charge is 0.288 e. The number of aromatic nitrogens is 2. The van der Waals surface area contributed by atoms with Crippen molar-refractivity contribution < 1.29 is 9.66 Å². The van der Waals surface area contributed by atoms with E-state index in [1.165, 1.54) is 12.1 Å². The molecule has 0 fully saturated rings. The lowest BCUT2D eigenvalue weighted by atomic mass is 10.1. The predicted octanol–water partition coefficient (Wildman–Crippen LogP) is 4.17. The van der Waals surface area contributed by atoms with E-state index in [4.69, 9.17) is 16.3 Å². The molecule has 3 aromatic rings. The summed E-state index contributed by atoms with van der Waals surface area (Å²) in [5.41, 5.74) is 2.26. The summed E-state index contributed by atoms with van der Waals surface area (Å²) in [4.78, 5) is 10.5. The standard InChI is InChI=1S/C17H14ClN3O3/c1-24-14-5-2-12(3-6-14)11-20-9-8-16(19-20)13-4-7-15(18)17(10-13)21(22)23/h2-10H,11H2,1H3. The van der Waals surface area contributed by atoms with Gasteiger partial charge in [0.05, 0.1) is 24.3 Å². The van der Waals surface area contributed by atoms with Crippen LogP contribution in [0.5, 0.6) is 5.75 Å². The van der Waals surface area contributed by atoms with Gasteiger partial charge in [0.15, 0.2) is 0 Å². The lowest BCUT2D eigenvalue weighted by molar-refractivity contribution is -0.384. The Bertz CT molecular complexity index is 875. The first kappa shape index (κ1) is 16.0. The van der Waals surface area contributed by atoms with Crippen LogP contribution in [0.3, 0.4) is 0 Å². The number of ether oxygens (including phenoxy) is 1. The molecule has 0 N–H and O–H groups in total. The molecule has 6 nitrogen and oxygen atoms in total. The molecule has 2 aromatic carbocycles. The van der Waals surface area contributed by atoms with E-state index < -0.39 is 4.92 Å². The highest BCUT2D eigenvalue weighted by molar-refractivity contribution is 6.32. The number of hydrogen-bond acceptors (Lipinski definition) is 4. The molecule has 0 aliphatic heterocycles. The maximum Gasteiger partial charge on any atom is 0.288 e. The van der Waals surface area contributed by atoms with Gasteiger partial charge in [-0.1, -0.05) is 29.8 Å². The quantitative estimate of drug-likeness (QED) is 0.515.